The highest BCUT2D eigenvalue weighted by Crippen LogP contribution is 2.40. The number of para-hydroxylation sites is 1. The van der Waals surface area contributed by atoms with Gasteiger partial charge in [0.15, 0.2) is 18.1 Å². The molecule has 0 saturated carbocycles. The van der Waals surface area contributed by atoms with E-state index < -0.39 is 24.4 Å². The molecule has 0 aliphatic rings. The van der Waals surface area contributed by atoms with Gasteiger partial charge in [-0.3, -0.25) is 9.59 Å². The highest BCUT2D eigenvalue weighted by molar-refractivity contribution is 7.17. The molecule has 2 aromatic carbocycles. The number of methoxy groups -OCH3 is 1. The summed E-state index contributed by atoms with van der Waals surface area (Å²) in [5, 5.41) is 3.10. The minimum absolute atomic E-state index is 0.0703. The van der Waals surface area contributed by atoms with Crippen LogP contribution in [0.3, 0.4) is 0 Å². The Hall–Kier alpha value is -3.85. The van der Waals surface area contributed by atoms with Crippen LogP contribution < -0.4 is 20.5 Å². The van der Waals surface area contributed by atoms with Crippen LogP contribution in [0, 0.1) is 13.8 Å². The molecule has 0 aliphatic heterocycles. The maximum atomic E-state index is 12.8. The van der Waals surface area contributed by atoms with Gasteiger partial charge in [0.05, 0.1) is 19.3 Å². The van der Waals surface area contributed by atoms with E-state index in [9.17, 15) is 14.4 Å². The van der Waals surface area contributed by atoms with E-state index in [1.807, 2.05) is 38.1 Å². The van der Waals surface area contributed by atoms with E-state index in [1.165, 1.54) is 24.5 Å². The number of nitrogens with two attached hydrogens (primary N) is 1. The summed E-state index contributed by atoms with van der Waals surface area (Å²) >= 11 is 1.27. The molecule has 178 valence electrons. The van der Waals surface area contributed by atoms with Gasteiger partial charge in [-0.1, -0.05) is 35.9 Å². The molecule has 1 aromatic heterocycles. The maximum absolute atomic E-state index is 12.8. The summed E-state index contributed by atoms with van der Waals surface area (Å²) < 4.78 is 16.1. The van der Waals surface area contributed by atoms with Crippen molar-refractivity contribution in [1.29, 1.82) is 0 Å². The molecule has 0 unspecified atom stereocenters. The number of hydrogen-bond donors (Lipinski definition) is 2. The lowest BCUT2D eigenvalue weighted by Crippen LogP contribution is -2.22. The Labute approximate surface area is 201 Å². The van der Waals surface area contributed by atoms with Crippen molar-refractivity contribution in [2.75, 3.05) is 25.6 Å². The van der Waals surface area contributed by atoms with E-state index in [0.717, 1.165) is 16.0 Å². The summed E-state index contributed by atoms with van der Waals surface area (Å²) in [5.41, 5.74) is 8.43. The fraction of sp³-hybridized carbons (Fsp3) is 0.240. The molecular weight excluding hydrogens is 456 g/mol. The fourth-order valence-corrected chi connectivity index (χ4v) is 4.50. The molecule has 9 heteroatoms. The topological polar surface area (TPSA) is 117 Å². The Bertz CT molecular complexity index is 1220. The third-order valence-electron chi connectivity index (χ3n) is 4.97. The van der Waals surface area contributed by atoms with Crippen LogP contribution in [-0.2, 0) is 9.53 Å². The standard InChI is InChI=1S/C25H26N2O6S/c1-5-32-25(30)21-20(16-11-9-14(2)10-12-16)15(3)34-24(21)27-19(28)13-33-22-17(23(26)29)7-6-8-18(22)31-4/h6-12H,5,13H2,1-4H3,(H2,26,29)(H,27,28). The van der Waals surface area contributed by atoms with E-state index in [2.05, 4.69) is 5.32 Å². The van der Waals surface area contributed by atoms with E-state index in [4.69, 9.17) is 19.9 Å². The molecule has 34 heavy (non-hydrogen) atoms. The molecule has 2 amide bonds. The maximum Gasteiger partial charge on any atom is 0.341 e. The average Bonchev–Trinajstić information content (AvgIpc) is 3.13. The summed E-state index contributed by atoms with van der Waals surface area (Å²) in [5.74, 6) is -1.43. The van der Waals surface area contributed by atoms with Gasteiger partial charge in [-0.2, -0.15) is 0 Å². The minimum atomic E-state index is -0.712. The van der Waals surface area contributed by atoms with Crippen LogP contribution in [0.15, 0.2) is 42.5 Å². The lowest BCUT2D eigenvalue weighted by Gasteiger charge is -2.13. The number of thiophene rings is 1. The number of carbonyl (C=O) groups excluding carboxylic acids is 3. The summed E-state index contributed by atoms with van der Waals surface area (Å²) in [6.07, 6.45) is 0. The highest BCUT2D eigenvalue weighted by Gasteiger charge is 2.26. The van der Waals surface area contributed by atoms with Gasteiger partial charge in [0.2, 0.25) is 0 Å². The van der Waals surface area contributed by atoms with Gasteiger partial charge in [0.1, 0.15) is 10.6 Å². The smallest absolute Gasteiger partial charge is 0.341 e. The number of hydrogen-bond acceptors (Lipinski definition) is 7. The van der Waals surface area contributed by atoms with Gasteiger partial charge in [0, 0.05) is 10.4 Å². The zero-order valence-corrected chi connectivity index (χ0v) is 20.2. The van der Waals surface area contributed by atoms with Gasteiger partial charge in [-0.05, 0) is 38.5 Å². The predicted octanol–water partition coefficient (Wildman–Crippen LogP) is 4.33. The zero-order valence-electron chi connectivity index (χ0n) is 19.4. The third kappa shape index (κ3) is 5.37. The normalized spacial score (nSPS) is 10.5. The van der Waals surface area contributed by atoms with Crippen LogP contribution in [0.25, 0.3) is 11.1 Å². The van der Waals surface area contributed by atoms with Gasteiger partial charge in [-0.25, -0.2) is 4.79 Å². The molecular formula is C25H26N2O6S. The van der Waals surface area contributed by atoms with Crippen LogP contribution in [0.4, 0.5) is 5.00 Å². The molecule has 0 atom stereocenters. The van der Waals surface area contributed by atoms with Crippen molar-refractivity contribution in [3.63, 3.8) is 0 Å². The van der Waals surface area contributed by atoms with Gasteiger partial charge in [-0.15, -0.1) is 11.3 Å². The Morgan fingerprint density at radius 2 is 1.76 bits per heavy atom. The quantitative estimate of drug-likeness (QED) is 0.438. The van der Waals surface area contributed by atoms with E-state index in [-0.39, 0.29) is 29.2 Å². The first kappa shape index (κ1) is 24.8. The number of nitrogens with one attached hydrogen (secondary N) is 1. The van der Waals surface area contributed by atoms with Crippen LogP contribution in [0.2, 0.25) is 0 Å². The number of esters is 1. The summed E-state index contributed by atoms with van der Waals surface area (Å²) in [6.45, 7) is 5.34. The Morgan fingerprint density at radius 3 is 2.38 bits per heavy atom. The van der Waals surface area contributed by atoms with Gasteiger partial charge < -0.3 is 25.3 Å². The number of anilines is 1. The molecule has 1 heterocycles. The first-order chi connectivity index (χ1) is 16.3. The molecule has 3 aromatic rings. The van der Waals surface area contributed by atoms with Crippen LogP contribution in [0.5, 0.6) is 11.5 Å². The second kappa shape index (κ2) is 10.8. The molecule has 0 bridgehead atoms. The van der Waals surface area contributed by atoms with E-state index in [0.29, 0.717) is 10.6 Å². The minimum Gasteiger partial charge on any atom is -0.493 e. The van der Waals surface area contributed by atoms with Crippen molar-refractivity contribution in [3.05, 3.63) is 64.0 Å². The first-order valence-electron chi connectivity index (χ1n) is 10.5. The fourth-order valence-electron chi connectivity index (χ4n) is 3.42. The van der Waals surface area contributed by atoms with Crippen molar-refractivity contribution in [2.45, 2.75) is 20.8 Å². The number of amides is 2. The molecule has 0 radical (unpaired) electrons. The Balaban J connectivity index is 1.89. The second-order valence-electron chi connectivity index (χ2n) is 7.36. The van der Waals surface area contributed by atoms with Crippen LogP contribution >= 0.6 is 11.3 Å². The number of benzene rings is 2. The molecule has 3 N–H and O–H groups in total. The zero-order chi connectivity index (χ0) is 24.8. The molecule has 3 rings (SSSR count). The molecule has 0 fully saturated rings. The van der Waals surface area contributed by atoms with Crippen molar-refractivity contribution in [3.8, 4) is 22.6 Å². The molecule has 8 nitrogen and oxygen atoms in total. The number of primary amides is 1. The Morgan fingerprint density at radius 1 is 1.06 bits per heavy atom. The molecule has 0 spiro atoms. The van der Waals surface area contributed by atoms with Crippen LogP contribution in [0.1, 0.15) is 38.1 Å². The lowest BCUT2D eigenvalue weighted by molar-refractivity contribution is -0.118. The van der Waals surface area contributed by atoms with Crippen molar-refractivity contribution in [1.82, 2.24) is 0 Å². The second-order valence-corrected chi connectivity index (χ2v) is 8.59. The SMILES string of the molecule is CCOC(=O)c1c(NC(=O)COc2c(OC)cccc2C(N)=O)sc(C)c1-c1ccc(C)cc1. The van der Waals surface area contributed by atoms with E-state index >= 15 is 0 Å². The number of carbonyl (C=O) groups is 3. The third-order valence-corrected chi connectivity index (χ3v) is 5.99. The monoisotopic (exact) mass is 482 g/mol. The first-order valence-corrected chi connectivity index (χ1v) is 11.3. The summed E-state index contributed by atoms with van der Waals surface area (Å²) in [7, 11) is 1.42. The van der Waals surface area contributed by atoms with Gasteiger partial charge in [0.25, 0.3) is 11.8 Å². The lowest BCUT2D eigenvalue weighted by atomic mass is 10.0. The van der Waals surface area contributed by atoms with E-state index in [1.54, 1.807) is 19.1 Å². The van der Waals surface area contributed by atoms with Gasteiger partial charge >= 0.3 is 5.97 Å². The summed E-state index contributed by atoms with van der Waals surface area (Å²) in [4.78, 5) is 38.2. The number of ether oxygens (including phenoxy) is 3. The molecule has 0 aliphatic carbocycles. The Kier molecular flexibility index (Phi) is 7.91. The number of aryl methyl sites for hydroxylation is 2. The molecule has 0 saturated heterocycles. The highest BCUT2D eigenvalue weighted by atomic mass is 32.1. The average molecular weight is 483 g/mol. The van der Waals surface area contributed by atoms with Crippen molar-refractivity contribution < 1.29 is 28.6 Å². The largest absolute Gasteiger partial charge is 0.493 e. The van der Waals surface area contributed by atoms with Crippen molar-refractivity contribution in [2.24, 2.45) is 5.73 Å². The van der Waals surface area contributed by atoms with Crippen LogP contribution in [-0.4, -0.2) is 38.1 Å². The number of rotatable bonds is 9. The summed E-state index contributed by atoms with van der Waals surface area (Å²) in [6, 6.07) is 12.4. The predicted molar refractivity (Wildman–Crippen MR) is 131 cm³/mol. The van der Waals surface area contributed by atoms with Crippen molar-refractivity contribution >= 4 is 34.1 Å².